The standard InChI is InChI=1S/C24H23F2N3O.C19H18F2N2O.C5H4BrN.ClH.K.H/c1-23-14-17-15-28-29(20-6-4-19(25)5-7-20)21(17)13-18(23)3-2-10-24(23,26)22(30)16-8-11-27-12-9-16;1-18-10-13-11-22-23(16-6-4-15(20)5-7-16)17(13)9-14(18)3-2-8-19(18,21)12-24;6-5-1-3-7-4-2-5;;;/h4-9,11-13,15,22,30H,2-3,10,14H2,1H3;4-7,9,11-12H,2-3,8,10H2,1H3;1-4H;1H;;/q;;;;+1;-1/t22?,23-,24-;18-,19-;;;;/m00..../s1. The first-order chi connectivity index (χ1) is 29.3. The summed E-state index contributed by atoms with van der Waals surface area (Å²) in [6.45, 7) is 3.76. The van der Waals surface area contributed by atoms with Gasteiger partial charge < -0.3 is 18.9 Å². The Kier molecular flexibility index (Phi) is 15.4. The van der Waals surface area contributed by atoms with Gasteiger partial charge in [0.25, 0.3) is 0 Å². The summed E-state index contributed by atoms with van der Waals surface area (Å²) in [5, 5.41) is 20.0. The molecule has 0 radical (unpaired) electrons. The fourth-order valence-corrected chi connectivity index (χ4v) is 9.79. The van der Waals surface area contributed by atoms with Crippen molar-refractivity contribution in [3.8, 4) is 11.4 Å². The first-order valence-corrected chi connectivity index (χ1v) is 21.2. The van der Waals surface area contributed by atoms with Crippen molar-refractivity contribution in [2.45, 2.75) is 82.7 Å². The first-order valence-electron chi connectivity index (χ1n) is 20.4. The van der Waals surface area contributed by atoms with Crippen LogP contribution in [-0.4, -0.2) is 47.3 Å². The van der Waals surface area contributed by atoms with Crippen LogP contribution in [0.3, 0.4) is 0 Å². The summed E-state index contributed by atoms with van der Waals surface area (Å²) >= 11 is 3.29. The number of rotatable bonds is 5. The van der Waals surface area contributed by atoms with E-state index in [-0.39, 0.29) is 83.3 Å². The molecule has 8 nitrogen and oxygen atoms in total. The monoisotopic (exact) mass is 968 g/mol. The van der Waals surface area contributed by atoms with Crippen molar-refractivity contribution in [2.24, 2.45) is 10.8 Å². The molecule has 4 aliphatic carbocycles. The predicted molar refractivity (Wildman–Crippen MR) is 229 cm³/mol. The van der Waals surface area contributed by atoms with Gasteiger partial charge in [-0.3, -0.25) is 9.78 Å². The van der Waals surface area contributed by atoms with Crippen LogP contribution < -0.4 is 68.8 Å². The number of nitrogens with zero attached hydrogens (tertiary/aromatic N) is 5. The Balaban J connectivity index is 0.000000204. The van der Waals surface area contributed by atoms with Gasteiger partial charge in [-0.15, -0.1) is 0 Å². The normalized spacial score (nSPS) is 24.5. The summed E-state index contributed by atoms with van der Waals surface area (Å²) in [6.07, 6.45) is 17.9. The van der Waals surface area contributed by atoms with Crippen LogP contribution in [0.1, 0.15) is 88.0 Å². The molecular formula is C48H47BrClF4KN6O2. The molecule has 5 atom stereocenters. The van der Waals surface area contributed by atoms with E-state index in [1.54, 1.807) is 70.5 Å². The van der Waals surface area contributed by atoms with Gasteiger partial charge >= 0.3 is 51.4 Å². The number of aliphatic hydroxyl groups is 1. The van der Waals surface area contributed by atoms with Crippen LogP contribution in [0, 0.1) is 22.5 Å². The number of hydrogen-bond acceptors (Lipinski definition) is 5. The quantitative estimate of drug-likeness (QED) is 0.157. The van der Waals surface area contributed by atoms with E-state index < -0.39 is 28.3 Å². The zero-order chi connectivity index (χ0) is 43.0. The molecule has 0 bridgehead atoms. The van der Waals surface area contributed by atoms with Crippen molar-refractivity contribution in [1.82, 2.24) is 24.5 Å². The molecule has 1 unspecified atom stereocenters. The number of aldehydes is 1. The number of nitrogens with one attached hydrogen (secondary N) is 1. The third-order valence-corrected chi connectivity index (χ3v) is 13.7. The van der Waals surface area contributed by atoms with Crippen LogP contribution in [0.15, 0.2) is 126 Å². The maximum absolute atomic E-state index is 16.7. The van der Waals surface area contributed by atoms with E-state index in [4.69, 9.17) is 0 Å². The molecule has 6 aromatic rings. The fourth-order valence-electron chi connectivity index (χ4n) is 9.53. The number of allylic oxidation sites excluding steroid dienone is 2. The first kappa shape index (κ1) is 48.8. The Morgan fingerprint density at radius 1 is 0.762 bits per heavy atom. The Bertz CT molecular complexity index is 2600. The van der Waals surface area contributed by atoms with Crippen molar-refractivity contribution in [3.05, 3.63) is 165 Å². The largest absolute Gasteiger partial charge is 1.00 e. The second-order valence-electron chi connectivity index (χ2n) is 16.7. The number of benzene rings is 2. The second-order valence-corrected chi connectivity index (χ2v) is 17.6. The van der Waals surface area contributed by atoms with Crippen LogP contribution in [0.5, 0.6) is 0 Å². The minimum atomic E-state index is -1.83. The summed E-state index contributed by atoms with van der Waals surface area (Å²) in [4.78, 5) is 18.3. The number of fused-ring (bicyclic) bond motifs is 4. The number of aromatic amines is 1. The summed E-state index contributed by atoms with van der Waals surface area (Å²) in [5.41, 5.74) is 2.37. The van der Waals surface area contributed by atoms with Gasteiger partial charge in [-0.1, -0.05) is 40.9 Å². The van der Waals surface area contributed by atoms with Crippen LogP contribution in [-0.2, 0) is 17.6 Å². The number of carbonyl (C=O) groups excluding carboxylic acids is 1. The van der Waals surface area contributed by atoms with E-state index in [2.05, 4.69) is 36.1 Å². The van der Waals surface area contributed by atoms with Crippen molar-refractivity contribution in [3.63, 3.8) is 0 Å². The average Bonchev–Trinajstić information content (AvgIpc) is 3.87. The Hall–Kier alpha value is -3.60. The van der Waals surface area contributed by atoms with E-state index in [0.717, 1.165) is 62.4 Å². The van der Waals surface area contributed by atoms with Crippen LogP contribution in [0.2, 0.25) is 0 Å². The van der Waals surface area contributed by atoms with Gasteiger partial charge in [0.1, 0.15) is 23.4 Å². The van der Waals surface area contributed by atoms with Gasteiger partial charge in [-0.05, 0) is 141 Å². The van der Waals surface area contributed by atoms with Gasteiger partial charge in [0.05, 0.1) is 35.2 Å². The van der Waals surface area contributed by atoms with Crippen LogP contribution >= 0.6 is 15.9 Å². The van der Waals surface area contributed by atoms with Crippen molar-refractivity contribution < 1.29 is 97.7 Å². The molecule has 2 saturated carbocycles. The molecular weight excluding hydrogens is 923 g/mol. The number of aliphatic hydroxyl groups excluding tert-OH is 1. The number of alkyl halides is 2. The van der Waals surface area contributed by atoms with Crippen LogP contribution in [0.4, 0.5) is 17.6 Å². The van der Waals surface area contributed by atoms with Gasteiger partial charge in [-0.25, -0.2) is 31.9 Å². The third kappa shape index (κ3) is 9.29. The molecule has 4 aliphatic rings. The number of H-pyrrole nitrogens is 1. The van der Waals surface area contributed by atoms with Crippen molar-refractivity contribution in [1.29, 1.82) is 0 Å². The summed E-state index contributed by atoms with van der Waals surface area (Å²) in [6, 6.07) is 19.5. The molecule has 0 spiro atoms. The number of pyridine rings is 2. The van der Waals surface area contributed by atoms with Gasteiger partial charge in [0.2, 0.25) is 0 Å². The molecule has 63 heavy (non-hydrogen) atoms. The van der Waals surface area contributed by atoms with Crippen LogP contribution in [0.25, 0.3) is 23.5 Å². The summed E-state index contributed by atoms with van der Waals surface area (Å²) < 4.78 is 63.0. The third-order valence-electron chi connectivity index (χ3n) is 13.2. The fraction of sp³-hybridized carbons (Fsp3) is 0.312. The van der Waals surface area contributed by atoms with Gasteiger partial charge in [0, 0.05) is 39.8 Å². The molecule has 4 heterocycles. The van der Waals surface area contributed by atoms with Gasteiger partial charge in [-0.2, -0.15) is 10.2 Å². The molecule has 324 valence electrons. The average molecular weight is 970 g/mol. The van der Waals surface area contributed by atoms with E-state index >= 15 is 8.78 Å². The maximum atomic E-state index is 16.7. The van der Waals surface area contributed by atoms with E-state index in [0.29, 0.717) is 44.0 Å². The molecule has 0 aliphatic heterocycles. The smallest absolute Gasteiger partial charge is 1.00 e. The topological polar surface area (TPSA) is 100.0 Å². The number of carbonyl (C=O) groups is 1. The number of hydrogen-bond donors (Lipinski definition) is 1. The molecule has 2 fully saturated rings. The molecule has 0 saturated heterocycles. The Labute approximate surface area is 422 Å². The molecule has 10 rings (SSSR count). The molecule has 2 aromatic carbocycles. The SMILES string of the molecule is Brc1cc[nH+]cc1.C[C@]12Cc3cnn(-c4ccc(F)cc4)c3C=C1CCC[C@]2(F)C(O)c1ccncc1.C[C@]12Cc3cnn(-c4ccc(F)cc4)c3C=C1CCC[C@]2(F)C=O.[Cl-].[H-].[K+]. The summed E-state index contributed by atoms with van der Waals surface area (Å²) in [5.74, 6) is -0.600. The molecule has 2 N–H and O–H groups in total. The predicted octanol–water partition coefficient (Wildman–Crippen LogP) is 4.41. The Morgan fingerprint density at radius 3 is 1.71 bits per heavy atom. The Morgan fingerprint density at radius 2 is 1.24 bits per heavy atom. The molecule has 4 aromatic heterocycles. The zero-order valence-corrected chi connectivity index (χ0v) is 40.7. The molecule has 15 heteroatoms. The van der Waals surface area contributed by atoms with E-state index in [1.807, 2.05) is 50.5 Å². The minimum absolute atomic E-state index is 0. The number of halogens is 6. The second kappa shape index (κ2) is 19.9. The van der Waals surface area contributed by atoms with Gasteiger partial charge in [0.15, 0.2) is 24.3 Å². The van der Waals surface area contributed by atoms with Crippen molar-refractivity contribution >= 4 is 34.4 Å². The van der Waals surface area contributed by atoms with E-state index in [1.165, 1.54) is 24.3 Å². The minimum Gasteiger partial charge on any atom is -1.00 e. The van der Waals surface area contributed by atoms with E-state index in [9.17, 15) is 18.7 Å². The maximum Gasteiger partial charge on any atom is 1.00 e. The van der Waals surface area contributed by atoms with Crippen molar-refractivity contribution in [2.75, 3.05) is 0 Å². The number of aromatic nitrogens is 6. The molecule has 0 amide bonds. The summed E-state index contributed by atoms with van der Waals surface area (Å²) in [7, 11) is 0. The zero-order valence-electron chi connectivity index (χ0n) is 36.2.